The molecule has 0 radical (unpaired) electrons. The molecule has 0 saturated heterocycles. The van der Waals surface area contributed by atoms with Gasteiger partial charge in [0.1, 0.15) is 5.75 Å². The van der Waals surface area contributed by atoms with E-state index in [1.807, 2.05) is 36.4 Å². The molecule has 1 aliphatic heterocycles. The number of nitrogens with zero attached hydrogens (tertiary/aromatic N) is 1. The Morgan fingerprint density at radius 2 is 1.79 bits per heavy atom. The van der Waals surface area contributed by atoms with Crippen LogP contribution in [0.1, 0.15) is 5.56 Å². The van der Waals surface area contributed by atoms with Crippen LogP contribution in [0.15, 0.2) is 53.0 Å². The molecule has 2 aromatic rings. The normalized spacial score (nSPS) is 12.6. The molecule has 0 unspecified atom stereocenters. The average Bonchev–Trinajstić information content (AvgIpc) is 3.03. The zero-order chi connectivity index (χ0) is 16.9. The monoisotopic (exact) mass is 389 g/mol. The van der Waals surface area contributed by atoms with E-state index >= 15 is 0 Å². The lowest BCUT2D eigenvalue weighted by molar-refractivity contribution is -0.149. The molecule has 0 aliphatic carbocycles. The van der Waals surface area contributed by atoms with Gasteiger partial charge >= 0.3 is 5.97 Å². The molecule has 0 atom stereocenters. The van der Waals surface area contributed by atoms with Crippen LogP contribution in [-0.4, -0.2) is 31.6 Å². The van der Waals surface area contributed by atoms with E-state index in [9.17, 15) is 9.59 Å². The number of carbonyl (C=O) groups excluding carboxylic acids is 2. The molecule has 124 valence electrons. The summed E-state index contributed by atoms with van der Waals surface area (Å²) in [6.45, 7) is 0.105. The van der Waals surface area contributed by atoms with Crippen molar-refractivity contribution < 1.29 is 19.1 Å². The smallest absolute Gasteiger partial charge is 0.344 e. The summed E-state index contributed by atoms with van der Waals surface area (Å²) in [5, 5.41) is 0. The van der Waals surface area contributed by atoms with Gasteiger partial charge in [0.05, 0.1) is 0 Å². The number of para-hydroxylation sites is 1. The van der Waals surface area contributed by atoms with E-state index in [4.69, 9.17) is 9.47 Å². The van der Waals surface area contributed by atoms with Crippen LogP contribution in [0.3, 0.4) is 0 Å². The van der Waals surface area contributed by atoms with Gasteiger partial charge < -0.3 is 14.4 Å². The van der Waals surface area contributed by atoms with E-state index in [1.165, 1.54) is 0 Å². The molecule has 1 amide bonds. The maximum absolute atomic E-state index is 12.2. The van der Waals surface area contributed by atoms with Crippen molar-refractivity contribution >= 4 is 33.5 Å². The third-order valence-corrected chi connectivity index (χ3v) is 4.24. The SMILES string of the molecule is O=C(COc1ccc(Br)cc1)OCC(=O)N1CCc2ccccc21. The Labute approximate surface area is 148 Å². The van der Waals surface area contributed by atoms with E-state index < -0.39 is 5.97 Å². The summed E-state index contributed by atoms with van der Waals surface area (Å²) >= 11 is 3.32. The van der Waals surface area contributed by atoms with E-state index in [2.05, 4.69) is 15.9 Å². The fraction of sp³-hybridized carbons (Fsp3) is 0.222. The lowest BCUT2D eigenvalue weighted by Gasteiger charge is -2.17. The fourth-order valence-electron chi connectivity index (χ4n) is 2.53. The highest BCUT2D eigenvalue weighted by Crippen LogP contribution is 2.27. The summed E-state index contributed by atoms with van der Waals surface area (Å²) in [5.41, 5.74) is 2.03. The first-order valence-corrected chi connectivity index (χ1v) is 8.35. The number of amides is 1. The standard InChI is InChI=1S/C18H16BrNO4/c19-14-5-7-15(8-6-14)23-12-18(22)24-11-17(21)20-10-9-13-3-1-2-4-16(13)20/h1-8H,9-12H2. The van der Waals surface area contributed by atoms with Gasteiger partial charge in [0.15, 0.2) is 13.2 Å². The first-order valence-electron chi connectivity index (χ1n) is 7.56. The minimum Gasteiger partial charge on any atom is -0.482 e. The van der Waals surface area contributed by atoms with Crippen LogP contribution in [-0.2, 0) is 20.7 Å². The topological polar surface area (TPSA) is 55.8 Å². The molecule has 1 heterocycles. The molecule has 5 nitrogen and oxygen atoms in total. The van der Waals surface area contributed by atoms with Crippen molar-refractivity contribution in [2.75, 3.05) is 24.7 Å². The van der Waals surface area contributed by atoms with Gasteiger partial charge in [-0.1, -0.05) is 34.1 Å². The Balaban J connectivity index is 1.46. The number of hydrogen-bond acceptors (Lipinski definition) is 4. The lowest BCUT2D eigenvalue weighted by atomic mass is 10.2. The zero-order valence-electron chi connectivity index (χ0n) is 12.9. The van der Waals surface area contributed by atoms with Crippen molar-refractivity contribution in [3.63, 3.8) is 0 Å². The van der Waals surface area contributed by atoms with Crippen LogP contribution in [0.5, 0.6) is 5.75 Å². The summed E-state index contributed by atoms with van der Waals surface area (Å²) in [4.78, 5) is 25.6. The van der Waals surface area contributed by atoms with Crippen LogP contribution in [0.25, 0.3) is 0 Å². The van der Waals surface area contributed by atoms with Crippen molar-refractivity contribution in [2.45, 2.75) is 6.42 Å². The number of hydrogen-bond donors (Lipinski definition) is 0. The van der Waals surface area contributed by atoms with Gasteiger partial charge in [-0.2, -0.15) is 0 Å². The Hall–Kier alpha value is -2.34. The van der Waals surface area contributed by atoms with Crippen molar-refractivity contribution in [3.8, 4) is 5.75 Å². The highest BCUT2D eigenvalue weighted by Gasteiger charge is 2.24. The number of ether oxygens (including phenoxy) is 2. The van der Waals surface area contributed by atoms with Crippen molar-refractivity contribution in [3.05, 3.63) is 58.6 Å². The molecular formula is C18H16BrNO4. The van der Waals surface area contributed by atoms with E-state index in [-0.39, 0.29) is 19.1 Å². The number of rotatable bonds is 5. The minimum atomic E-state index is -0.571. The molecule has 1 aliphatic rings. The summed E-state index contributed by atoms with van der Waals surface area (Å²) < 4.78 is 11.3. The van der Waals surface area contributed by atoms with Gasteiger partial charge in [-0.3, -0.25) is 4.79 Å². The molecule has 0 fully saturated rings. The molecule has 0 bridgehead atoms. The second-order valence-corrected chi connectivity index (χ2v) is 6.24. The Kier molecular flexibility index (Phi) is 5.15. The summed E-state index contributed by atoms with van der Waals surface area (Å²) in [5.74, 6) is -0.231. The Morgan fingerprint density at radius 3 is 2.58 bits per heavy atom. The van der Waals surface area contributed by atoms with Crippen LogP contribution < -0.4 is 9.64 Å². The minimum absolute atomic E-state index is 0.225. The van der Waals surface area contributed by atoms with Gasteiger partial charge in [-0.25, -0.2) is 4.79 Å². The number of esters is 1. The molecule has 2 aromatic carbocycles. The average molecular weight is 390 g/mol. The zero-order valence-corrected chi connectivity index (χ0v) is 14.5. The highest BCUT2D eigenvalue weighted by molar-refractivity contribution is 9.10. The van der Waals surface area contributed by atoms with Crippen molar-refractivity contribution in [1.29, 1.82) is 0 Å². The molecular weight excluding hydrogens is 374 g/mol. The van der Waals surface area contributed by atoms with Crippen molar-refractivity contribution in [2.24, 2.45) is 0 Å². The van der Waals surface area contributed by atoms with E-state index in [0.717, 1.165) is 22.1 Å². The van der Waals surface area contributed by atoms with Crippen LogP contribution in [0, 0.1) is 0 Å². The molecule has 3 rings (SSSR count). The van der Waals surface area contributed by atoms with E-state index in [1.54, 1.807) is 17.0 Å². The van der Waals surface area contributed by atoms with Crippen LogP contribution in [0.2, 0.25) is 0 Å². The number of fused-ring (bicyclic) bond motifs is 1. The maximum Gasteiger partial charge on any atom is 0.344 e. The lowest BCUT2D eigenvalue weighted by Crippen LogP contribution is -2.33. The number of benzene rings is 2. The molecule has 0 aromatic heterocycles. The predicted molar refractivity (Wildman–Crippen MR) is 93.1 cm³/mol. The van der Waals surface area contributed by atoms with Gasteiger partial charge in [0.2, 0.25) is 0 Å². The molecule has 6 heteroatoms. The Bertz CT molecular complexity index is 745. The fourth-order valence-corrected chi connectivity index (χ4v) is 2.80. The van der Waals surface area contributed by atoms with Crippen molar-refractivity contribution in [1.82, 2.24) is 0 Å². The van der Waals surface area contributed by atoms with Gasteiger partial charge in [0.25, 0.3) is 5.91 Å². The van der Waals surface area contributed by atoms with Crippen LogP contribution in [0.4, 0.5) is 5.69 Å². The highest BCUT2D eigenvalue weighted by atomic mass is 79.9. The maximum atomic E-state index is 12.2. The number of anilines is 1. The molecule has 24 heavy (non-hydrogen) atoms. The first kappa shape index (κ1) is 16.5. The predicted octanol–water partition coefficient (Wildman–Crippen LogP) is 2.96. The first-order chi connectivity index (χ1) is 11.6. The van der Waals surface area contributed by atoms with Gasteiger partial charge in [-0.05, 0) is 42.3 Å². The molecule has 0 saturated carbocycles. The molecule has 0 N–H and O–H groups in total. The Morgan fingerprint density at radius 1 is 1.04 bits per heavy atom. The summed E-state index contributed by atoms with van der Waals surface area (Å²) in [6, 6.07) is 14.9. The number of carbonyl (C=O) groups is 2. The molecule has 0 spiro atoms. The van der Waals surface area contributed by atoms with Gasteiger partial charge in [-0.15, -0.1) is 0 Å². The second-order valence-electron chi connectivity index (χ2n) is 5.33. The van der Waals surface area contributed by atoms with Crippen LogP contribution >= 0.6 is 15.9 Å². The summed E-state index contributed by atoms with van der Waals surface area (Å²) in [6.07, 6.45) is 0.822. The number of halogens is 1. The quantitative estimate of drug-likeness (QED) is 0.737. The second kappa shape index (κ2) is 7.49. The van der Waals surface area contributed by atoms with E-state index in [0.29, 0.717) is 12.3 Å². The summed E-state index contributed by atoms with van der Waals surface area (Å²) in [7, 11) is 0. The largest absolute Gasteiger partial charge is 0.482 e. The third-order valence-electron chi connectivity index (χ3n) is 3.72. The van der Waals surface area contributed by atoms with Gasteiger partial charge in [0, 0.05) is 16.7 Å². The third kappa shape index (κ3) is 3.94.